The van der Waals surface area contributed by atoms with Gasteiger partial charge in [-0.15, -0.1) is 11.3 Å². The fourth-order valence-electron chi connectivity index (χ4n) is 1.88. The third kappa shape index (κ3) is 2.32. The maximum atomic E-state index is 11.8. The molecule has 0 amide bonds. The molecule has 0 saturated carbocycles. The Hall–Kier alpha value is -0.750. The number of rotatable bonds is 3. The van der Waals surface area contributed by atoms with Crippen LogP contribution in [0.5, 0.6) is 0 Å². The molecule has 0 N–H and O–H groups in total. The average Bonchev–Trinajstić information content (AvgIpc) is 2.66. The molecule has 1 aromatic heterocycles. The number of aromatic nitrogens is 1. The topological polar surface area (TPSA) is 64.1 Å². The van der Waals surface area contributed by atoms with Crippen LogP contribution in [0.15, 0.2) is 6.20 Å². The summed E-state index contributed by atoms with van der Waals surface area (Å²) >= 11 is 1.34. The number of nitrogens with zero attached hydrogens (tertiary/aromatic N) is 1. The molecule has 1 aliphatic heterocycles. The van der Waals surface area contributed by atoms with Gasteiger partial charge in [-0.05, 0) is 12.8 Å². The van der Waals surface area contributed by atoms with Gasteiger partial charge < -0.3 is 4.79 Å². The molecule has 0 spiro atoms. The predicted molar refractivity (Wildman–Crippen MR) is 62.3 cm³/mol. The van der Waals surface area contributed by atoms with E-state index in [9.17, 15) is 13.2 Å². The van der Waals surface area contributed by atoms with Crippen LogP contribution >= 0.6 is 11.3 Å². The molecule has 1 aromatic rings. The highest BCUT2D eigenvalue weighted by molar-refractivity contribution is 7.91. The molecule has 0 aliphatic carbocycles. The zero-order chi connectivity index (χ0) is 11.6. The van der Waals surface area contributed by atoms with E-state index in [1.165, 1.54) is 11.3 Å². The van der Waals surface area contributed by atoms with Gasteiger partial charge in [0.25, 0.3) is 0 Å². The summed E-state index contributed by atoms with van der Waals surface area (Å²) in [6, 6.07) is 0. The van der Waals surface area contributed by atoms with Crippen LogP contribution in [-0.4, -0.2) is 25.4 Å². The minimum absolute atomic E-state index is 0.264. The summed E-state index contributed by atoms with van der Waals surface area (Å²) in [4.78, 5) is 15.3. The SMILES string of the molecule is O=CCc1cnc(C2CCCCS2(=O)=O)s1. The largest absolute Gasteiger partial charge is 0.303 e. The van der Waals surface area contributed by atoms with Crippen LogP contribution in [0.3, 0.4) is 0 Å². The van der Waals surface area contributed by atoms with Crippen LogP contribution in [0, 0.1) is 0 Å². The van der Waals surface area contributed by atoms with E-state index in [1.807, 2.05) is 0 Å². The number of sulfone groups is 1. The maximum Gasteiger partial charge on any atom is 0.159 e. The fraction of sp³-hybridized carbons (Fsp3) is 0.600. The van der Waals surface area contributed by atoms with Gasteiger partial charge in [-0.1, -0.05) is 6.42 Å². The summed E-state index contributed by atoms with van der Waals surface area (Å²) in [7, 11) is -3.02. The fourth-order valence-corrected chi connectivity index (χ4v) is 5.13. The summed E-state index contributed by atoms with van der Waals surface area (Å²) in [5.74, 6) is 0.264. The van der Waals surface area contributed by atoms with Crippen molar-refractivity contribution in [2.24, 2.45) is 0 Å². The Bertz CT molecular complexity index is 478. The van der Waals surface area contributed by atoms with Crippen LogP contribution in [0.4, 0.5) is 0 Å². The van der Waals surface area contributed by atoms with Gasteiger partial charge in [0.1, 0.15) is 16.5 Å². The minimum Gasteiger partial charge on any atom is -0.303 e. The van der Waals surface area contributed by atoms with E-state index in [4.69, 9.17) is 0 Å². The molecule has 16 heavy (non-hydrogen) atoms. The average molecular weight is 259 g/mol. The summed E-state index contributed by atoms with van der Waals surface area (Å²) in [6.45, 7) is 0. The van der Waals surface area contributed by atoms with Crippen molar-refractivity contribution in [2.45, 2.75) is 30.9 Å². The molecule has 0 bridgehead atoms. The monoisotopic (exact) mass is 259 g/mol. The zero-order valence-electron chi connectivity index (χ0n) is 8.76. The normalized spacial score (nSPS) is 24.1. The molecular formula is C10H13NO3S2. The highest BCUT2D eigenvalue weighted by Gasteiger charge is 2.32. The number of hydrogen-bond donors (Lipinski definition) is 0. The molecule has 1 aliphatic rings. The van der Waals surface area contributed by atoms with Crippen molar-refractivity contribution in [3.8, 4) is 0 Å². The Balaban J connectivity index is 2.25. The quantitative estimate of drug-likeness (QED) is 0.772. The van der Waals surface area contributed by atoms with E-state index in [0.717, 1.165) is 24.0 Å². The molecule has 6 heteroatoms. The molecule has 1 fully saturated rings. The number of hydrogen-bond acceptors (Lipinski definition) is 5. The second-order valence-corrected chi connectivity index (χ2v) is 7.34. The Morgan fingerprint density at radius 1 is 1.50 bits per heavy atom. The first-order valence-corrected chi connectivity index (χ1v) is 7.76. The van der Waals surface area contributed by atoms with E-state index in [2.05, 4.69) is 4.98 Å². The van der Waals surface area contributed by atoms with Gasteiger partial charge in [0.15, 0.2) is 9.84 Å². The lowest BCUT2D eigenvalue weighted by Crippen LogP contribution is -2.21. The van der Waals surface area contributed by atoms with Gasteiger partial charge in [0.2, 0.25) is 0 Å². The molecule has 2 heterocycles. The van der Waals surface area contributed by atoms with Crippen LogP contribution in [0.2, 0.25) is 0 Å². The van der Waals surface area contributed by atoms with E-state index in [0.29, 0.717) is 17.8 Å². The standard InChI is InChI=1S/C10H13NO3S2/c12-5-4-8-7-11-10(15-8)9-3-1-2-6-16(9,13)14/h5,7,9H,1-4,6H2. The van der Waals surface area contributed by atoms with Crippen molar-refractivity contribution in [1.82, 2.24) is 4.98 Å². The van der Waals surface area contributed by atoms with Gasteiger partial charge in [0.05, 0.1) is 5.75 Å². The Morgan fingerprint density at radius 3 is 3.00 bits per heavy atom. The molecule has 2 rings (SSSR count). The lowest BCUT2D eigenvalue weighted by molar-refractivity contribution is -0.107. The van der Waals surface area contributed by atoms with Gasteiger partial charge in [-0.3, -0.25) is 0 Å². The van der Waals surface area contributed by atoms with E-state index in [-0.39, 0.29) is 5.75 Å². The van der Waals surface area contributed by atoms with Crippen molar-refractivity contribution in [1.29, 1.82) is 0 Å². The number of carbonyl (C=O) groups is 1. The molecule has 1 unspecified atom stereocenters. The van der Waals surface area contributed by atoms with Crippen molar-refractivity contribution >= 4 is 27.5 Å². The molecule has 88 valence electrons. The van der Waals surface area contributed by atoms with Crippen molar-refractivity contribution in [2.75, 3.05) is 5.75 Å². The van der Waals surface area contributed by atoms with Gasteiger partial charge in [0, 0.05) is 17.5 Å². The first-order valence-electron chi connectivity index (χ1n) is 5.23. The first kappa shape index (κ1) is 11.7. The Morgan fingerprint density at radius 2 is 2.31 bits per heavy atom. The summed E-state index contributed by atoms with van der Waals surface area (Å²) < 4.78 is 23.7. The second-order valence-electron chi connectivity index (χ2n) is 3.89. The summed E-state index contributed by atoms with van der Waals surface area (Å²) in [5.41, 5.74) is 0. The first-order chi connectivity index (χ1) is 7.63. The lowest BCUT2D eigenvalue weighted by atomic mass is 10.2. The van der Waals surface area contributed by atoms with Crippen LogP contribution < -0.4 is 0 Å². The summed E-state index contributed by atoms with van der Waals surface area (Å²) in [6.07, 6.45) is 5.10. The van der Waals surface area contributed by atoms with E-state index >= 15 is 0 Å². The van der Waals surface area contributed by atoms with Crippen LogP contribution in [0.1, 0.15) is 34.4 Å². The Labute approximate surface area is 98.6 Å². The molecule has 4 nitrogen and oxygen atoms in total. The second kappa shape index (κ2) is 4.63. The van der Waals surface area contributed by atoms with Crippen LogP contribution in [-0.2, 0) is 21.1 Å². The lowest BCUT2D eigenvalue weighted by Gasteiger charge is -2.19. The van der Waals surface area contributed by atoms with E-state index in [1.54, 1.807) is 6.20 Å². The molecule has 1 atom stereocenters. The molecule has 0 aromatic carbocycles. The predicted octanol–water partition coefficient (Wildman–Crippen LogP) is 1.52. The summed E-state index contributed by atoms with van der Waals surface area (Å²) in [5, 5.41) is 0.211. The van der Waals surface area contributed by atoms with Gasteiger partial charge >= 0.3 is 0 Å². The number of carbonyl (C=O) groups excluding carboxylic acids is 1. The highest BCUT2D eigenvalue weighted by atomic mass is 32.2. The third-order valence-electron chi connectivity index (χ3n) is 2.71. The van der Waals surface area contributed by atoms with Gasteiger partial charge in [-0.25, -0.2) is 13.4 Å². The zero-order valence-corrected chi connectivity index (χ0v) is 10.4. The van der Waals surface area contributed by atoms with E-state index < -0.39 is 15.1 Å². The van der Waals surface area contributed by atoms with Crippen molar-refractivity contribution in [3.05, 3.63) is 16.1 Å². The molecule has 1 saturated heterocycles. The molecule has 0 radical (unpaired) electrons. The smallest absolute Gasteiger partial charge is 0.159 e. The van der Waals surface area contributed by atoms with Gasteiger partial charge in [-0.2, -0.15) is 0 Å². The number of aldehydes is 1. The van der Waals surface area contributed by atoms with Crippen molar-refractivity contribution < 1.29 is 13.2 Å². The van der Waals surface area contributed by atoms with Crippen molar-refractivity contribution in [3.63, 3.8) is 0 Å². The molecular weight excluding hydrogens is 246 g/mol. The Kier molecular flexibility index (Phi) is 3.39. The highest BCUT2D eigenvalue weighted by Crippen LogP contribution is 2.35. The van der Waals surface area contributed by atoms with Crippen LogP contribution in [0.25, 0.3) is 0 Å². The minimum atomic E-state index is -3.02. The third-order valence-corrected chi connectivity index (χ3v) is 6.18. The maximum absolute atomic E-state index is 11.8. The number of thiazole rings is 1.